The summed E-state index contributed by atoms with van der Waals surface area (Å²) in [5.41, 5.74) is -0.0571. The number of benzene rings is 1. The van der Waals surface area contributed by atoms with Crippen molar-refractivity contribution in [1.82, 2.24) is 10.1 Å². The smallest absolute Gasteiger partial charge is 0.270 e. The van der Waals surface area contributed by atoms with Crippen molar-refractivity contribution in [2.24, 2.45) is 0 Å². The maximum absolute atomic E-state index is 12.8. The lowest BCUT2D eigenvalue weighted by molar-refractivity contribution is -0.384. The van der Waals surface area contributed by atoms with E-state index in [0.717, 1.165) is 0 Å². The number of nitrogens with zero attached hydrogens (tertiary/aromatic N) is 3. The molecule has 10 heteroatoms. The lowest BCUT2D eigenvalue weighted by atomic mass is 10.1. The minimum Gasteiger partial charge on any atom is -0.382 e. The van der Waals surface area contributed by atoms with Gasteiger partial charge in [-0.15, -0.1) is 0 Å². The van der Waals surface area contributed by atoms with E-state index >= 15 is 0 Å². The maximum Gasteiger partial charge on any atom is 0.270 e. The van der Waals surface area contributed by atoms with E-state index in [4.69, 9.17) is 9.26 Å². The number of anilines is 1. The number of nitro benzene ring substituents is 1. The van der Waals surface area contributed by atoms with Gasteiger partial charge in [0.25, 0.3) is 11.6 Å². The minimum atomic E-state index is -0.574. The van der Waals surface area contributed by atoms with E-state index in [9.17, 15) is 19.7 Å². The monoisotopic (exact) mass is 390 g/mol. The van der Waals surface area contributed by atoms with Crippen molar-refractivity contribution in [3.8, 4) is 0 Å². The van der Waals surface area contributed by atoms with E-state index < -0.39 is 16.7 Å². The number of carbonyl (C=O) groups excluding carboxylic acids is 2. The van der Waals surface area contributed by atoms with Crippen LogP contribution in [0.2, 0.25) is 0 Å². The molecule has 1 aromatic heterocycles. The molecule has 10 nitrogen and oxygen atoms in total. The fourth-order valence-corrected chi connectivity index (χ4v) is 2.47. The minimum absolute atomic E-state index is 0.135. The highest BCUT2D eigenvalue weighted by Gasteiger charge is 2.21. The summed E-state index contributed by atoms with van der Waals surface area (Å²) in [6, 6.07) is 6.96. The summed E-state index contributed by atoms with van der Waals surface area (Å²) in [5.74, 6) is -0.147. The summed E-state index contributed by atoms with van der Waals surface area (Å²) >= 11 is 0. The van der Waals surface area contributed by atoms with Gasteiger partial charge in [-0.1, -0.05) is 11.2 Å². The molecule has 0 radical (unpaired) electrons. The zero-order chi connectivity index (χ0) is 20.5. The number of aromatic nitrogens is 1. The molecule has 0 saturated carbocycles. The van der Waals surface area contributed by atoms with E-state index in [0.29, 0.717) is 25.4 Å². The molecule has 0 aliphatic rings. The highest BCUT2D eigenvalue weighted by molar-refractivity contribution is 5.99. The van der Waals surface area contributed by atoms with Crippen molar-refractivity contribution in [3.05, 3.63) is 51.8 Å². The van der Waals surface area contributed by atoms with Crippen molar-refractivity contribution in [2.45, 2.75) is 20.3 Å². The molecule has 0 fully saturated rings. The summed E-state index contributed by atoms with van der Waals surface area (Å²) in [7, 11) is 0. The molecule has 0 saturated heterocycles. The molecule has 2 amide bonds. The Morgan fingerprint density at radius 2 is 2.14 bits per heavy atom. The molecular weight excluding hydrogens is 368 g/mol. The van der Waals surface area contributed by atoms with Crippen molar-refractivity contribution < 1.29 is 23.8 Å². The third kappa shape index (κ3) is 6.16. The molecule has 28 heavy (non-hydrogen) atoms. The fraction of sp³-hybridized carbons (Fsp3) is 0.389. The second-order valence-corrected chi connectivity index (χ2v) is 5.96. The van der Waals surface area contributed by atoms with Crippen LogP contribution in [0.25, 0.3) is 0 Å². The van der Waals surface area contributed by atoms with E-state index in [1.54, 1.807) is 13.0 Å². The van der Waals surface area contributed by atoms with Crippen LogP contribution in [0, 0.1) is 17.0 Å². The predicted octanol–water partition coefficient (Wildman–Crippen LogP) is 2.40. The van der Waals surface area contributed by atoms with Gasteiger partial charge in [-0.3, -0.25) is 19.7 Å². The van der Waals surface area contributed by atoms with Crippen molar-refractivity contribution in [3.63, 3.8) is 0 Å². The van der Waals surface area contributed by atoms with Gasteiger partial charge in [-0.25, -0.2) is 0 Å². The van der Waals surface area contributed by atoms with Gasteiger partial charge in [0, 0.05) is 43.5 Å². The average molecular weight is 390 g/mol. The molecule has 2 rings (SSSR count). The van der Waals surface area contributed by atoms with Gasteiger partial charge in [0.05, 0.1) is 4.92 Å². The van der Waals surface area contributed by atoms with Crippen LogP contribution in [-0.4, -0.2) is 53.1 Å². The van der Waals surface area contributed by atoms with Crippen LogP contribution in [0.4, 0.5) is 11.5 Å². The average Bonchev–Trinajstić information content (AvgIpc) is 3.08. The second kappa shape index (κ2) is 10.2. The zero-order valence-corrected chi connectivity index (χ0v) is 15.7. The Morgan fingerprint density at radius 3 is 2.79 bits per heavy atom. The molecule has 0 aliphatic heterocycles. The number of carbonyl (C=O) groups is 2. The van der Waals surface area contributed by atoms with Crippen LogP contribution in [0.3, 0.4) is 0 Å². The standard InChI is InChI=1S/C18H22N4O6/c1-3-27-9-5-8-21(12-17(23)19-16-10-13(2)28-20-16)18(24)14-6-4-7-15(11-14)22(25)26/h4,6-7,10-11H,3,5,8-9,12H2,1-2H3,(H,19,20,23). The zero-order valence-electron chi connectivity index (χ0n) is 15.7. The number of nitrogens with one attached hydrogen (secondary N) is 1. The number of ether oxygens (including phenoxy) is 1. The number of amides is 2. The van der Waals surface area contributed by atoms with Crippen LogP contribution >= 0.6 is 0 Å². The summed E-state index contributed by atoms with van der Waals surface area (Å²) in [6.45, 7) is 4.55. The lowest BCUT2D eigenvalue weighted by Crippen LogP contribution is -2.39. The number of hydrogen-bond acceptors (Lipinski definition) is 7. The first-order chi connectivity index (χ1) is 13.4. The van der Waals surface area contributed by atoms with Crippen molar-refractivity contribution >= 4 is 23.3 Å². The summed E-state index contributed by atoms with van der Waals surface area (Å²) in [6.07, 6.45) is 0.519. The van der Waals surface area contributed by atoms with Gasteiger partial charge >= 0.3 is 0 Å². The normalized spacial score (nSPS) is 10.5. The number of aryl methyl sites for hydroxylation is 1. The Labute approximate surface area is 161 Å². The molecule has 2 aromatic rings. The highest BCUT2D eigenvalue weighted by atomic mass is 16.6. The van der Waals surface area contributed by atoms with Crippen LogP contribution in [0.5, 0.6) is 0 Å². The summed E-state index contributed by atoms with van der Waals surface area (Å²) in [4.78, 5) is 36.8. The van der Waals surface area contributed by atoms with Crippen molar-refractivity contribution in [1.29, 1.82) is 0 Å². The molecule has 0 unspecified atom stereocenters. The molecule has 1 heterocycles. The van der Waals surface area contributed by atoms with E-state index in [2.05, 4.69) is 10.5 Å². The quantitative estimate of drug-likeness (QED) is 0.375. The number of hydrogen-bond donors (Lipinski definition) is 1. The van der Waals surface area contributed by atoms with E-state index in [-0.39, 0.29) is 30.2 Å². The van der Waals surface area contributed by atoms with Gasteiger partial charge < -0.3 is 19.5 Å². The van der Waals surface area contributed by atoms with Gasteiger partial charge in [0.2, 0.25) is 5.91 Å². The first-order valence-electron chi connectivity index (χ1n) is 8.75. The van der Waals surface area contributed by atoms with Crippen LogP contribution < -0.4 is 5.32 Å². The molecule has 0 spiro atoms. The third-order valence-corrected chi connectivity index (χ3v) is 3.74. The van der Waals surface area contributed by atoms with Crippen LogP contribution in [0.1, 0.15) is 29.5 Å². The Bertz CT molecular complexity index is 835. The SMILES string of the molecule is CCOCCCN(CC(=O)Nc1cc(C)on1)C(=O)c1cccc([N+](=O)[O-])c1. The van der Waals surface area contributed by atoms with Crippen LogP contribution in [0.15, 0.2) is 34.9 Å². The topological polar surface area (TPSA) is 128 Å². The Hall–Kier alpha value is -3.27. The lowest BCUT2D eigenvalue weighted by Gasteiger charge is -2.22. The third-order valence-electron chi connectivity index (χ3n) is 3.74. The first-order valence-corrected chi connectivity index (χ1v) is 8.75. The van der Waals surface area contributed by atoms with Gasteiger partial charge in [-0.05, 0) is 26.3 Å². The first kappa shape index (κ1) is 21.0. The number of rotatable bonds is 10. The highest BCUT2D eigenvalue weighted by Crippen LogP contribution is 2.15. The summed E-state index contributed by atoms with van der Waals surface area (Å²) < 4.78 is 10.2. The Balaban J connectivity index is 2.10. The molecule has 1 aromatic carbocycles. The van der Waals surface area contributed by atoms with E-state index in [1.165, 1.54) is 29.2 Å². The molecule has 150 valence electrons. The molecule has 0 atom stereocenters. The van der Waals surface area contributed by atoms with Crippen molar-refractivity contribution in [2.75, 3.05) is 31.6 Å². The van der Waals surface area contributed by atoms with E-state index in [1.807, 2.05) is 6.92 Å². The Kier molecular flexibility index (Phi) is 7.64. The summed E-state index contributed by atoms with van der Waals surface area (Å²) in [5, 5.41) is 17.2. The second-order valence-electron chi connectivity index (χ2n) is 5.96. The number of non-ortho nitro benzene ring substituents is 1. The Morgan fingerprint density at radius 1 is 1.36 bits per heavy atom. The predicted molar refractivity (Wildman–Crippen MR) is 100.0 cm³/mol. The molecule has 0 bridgehead atoms. The molecule has 1 N–H and O–H groups in total. The number of nitro groups is 1. The van der Waals surface area contributed by atoms with Crippen LogP contribution in [-0.2, 0) is 9.53 Å². The van der Waals surface area contributed by atoms with Gasteiger partial charge in [0.1, 0.15) is 12.3 Å². The largest absolute Gasteiger partial charge is 0.382 e. The molecular formula is C18H22N4O6. The fourth-order valence-electron chi connectivity index (χ4n) is 2.47. The molecule has 0 aliphatic carbocycles. The maximum atomic E-state index is 12.8. The van der Waals surface area contributed by atoms with Gasteiger partial charge in [-0.2, -0.15) is 0 Å². The van der Waals surface area contributed by atoms with Gasteiger partial charge in [0.15, 0.2) is 5.82 Å².